The Kier molecular flexibility index (Phi) is 3.76. The van der Waals surface area contributed by atoms with Gasteiger partial charge in [-0.1, -0.05) is 11.6 Å². The molecule has 1 atom stereocenters. The molecule has 2 aromatic heterocycles. The number of nitrogens with zero attached hydrogens (tertiary/aromatic N) is 5. The van der Waals surface area contributed by atoms with E-state index in [0.29, 0.717) is 18.8 Å². The number of amides is 2. The SMILES string of the molecule is Cn1ccc(N2CCC(NC(=O)c3ncncc3Cl)C2=O)n1. The summed E-state index contributed by atoms with van der Waals surface area (Å²) in [7, 11) is 1.78. The van der Waals surface area contributed by atoms with Crippen LogP contribution in [0.15, 0.2) is 24.8 Å². The lowest BCUT2D eigenvalue weighted by molar-refractivity contribution is -0.118. The Morgan fingerprint density at radius 1 is 1.50 bits per heavy atom. The van der Waals surface area contributed by atoms with Crippen LogP contribution < -0.4 is 10.2 Å². The Bertz CT molecular complexity index is 731. The van der Waals surface area contributed by atoms with Crippen molar-refractivity contribution in [2.75, 3.05) is 11.4 Å². The molecular formula is C13H13ClN6O2. The topological polar surface area (TPSA) is 93.0 Å². The highest BCUT2D eigenvalue weighted by Gasteiger charge is 2.35. The van der Waals surface area contributed by atoms with Gasteiger partial charge in [-0.2, -0.15) is 5.10 Å². The second-order valence-electron chi connectivity index (χ2n) is 4.87. The van der Waals surface area contributed by atoms with Crippen molar-refractivity contribution in [3.05, 3.63) is 35.5 Å². The van der Waals surface area contributed by atoms with E-state index in [-0.39, 0.29) is 16.6 Å². The van der Waals surface area contributed by atoms with Gasteiger partial charge in [0.15, 0.2) is 5.82 Å². The molecule has 22 heavy (non-hydrogen) atoms. The molecule has 2 aromatic rings. The van der Waals surface area contributed by atoms with Crippen molar-refractivity contribution < 1.29 is 9.59 Å². The predicted molar refractivity (Wildman–Crippen MR) is 78.5 cm³/mol. The highest BCUT2D eigenvalue weighted by atomic mass is 35.5. The lowest BCUT2D eigenvalue weighted by Crippen LogP contribution is -2.42. The summed E-state index contributed by atoms with van der Waals surface area (Å²) in [6.07, 6.45) is 4.83. The summed E-state index contributed by atoms with van der Waals surface area (Å²) in [5, 5.41) is 6.99. The lowest BCUT2D eigenvalue weighted by Gasteiger charge is -2.14. The van der Waals surface area contributed by atoms with E-state index in [0.717, 1.165) is 0 Å². The Hall–Kier alpha value is -2.48. The Morgan fingerprint density at radius 2 is 2.32 bits per heavy atom. The smallest absolute Gasteiger partial charge is 0.272 e. The fraction of sp³-hybridized carbons (Fsp3) is 0.308. The summed E-state index contributed by atoms with van der Waals surface area (Å²) in [6.45, 7) is 0.498. The zero-order valence-corrected chi connectivity index (χ0v) is 12.5. The fourth-order valence-corrected chi connectivity index (χ4v) is 2.49. The van der Waals surface area contributed by atoms with Crippen molar-refractivity contribution in [1.29, 1.82) is 0 Å². The average Bonchev–Trinajstić information content (AvgIpc) is 3.06. The molecule has 0 aliphatic carbocycles. The highest BCUT2D eigenvalue weighted by molar-refractivity contribution is 6.33. The maximum atomic E-state index is 12.4. The molecule has 2 amide bonds. The van der Waals surface area contributed by atoms with Gasteiger partial charge in [-0.3, -0.25) is 19.2 Å². The molecule has 3 heterocycles. The van der Waals surface area contributed by atoms with Gasteiger partial charge in [0.2, 0.25) is 0 Å². The van der Waals surface area contributed by atoms with Gasteiger partial charge in [-0.05, 0) is 6.42 Å². The fourth-order valence-electron chi connectivity index (χ4n) is 2.29. The summed E-state index contributed by atoms with van der Waals surface area (Å²) >= 11 is 5.87. The number of carbonyl (C=O) groups excluding carboxylic acids is 2. The zero-order valence-electron chi connectivity index (χ0n) is 11.7. The monoisotopic (exact) mass is 320 g/mol. The van der Waals surface area contributed by atoms with Crippen molar-refractivity contribution >= 4 is 29.2 Å². The number of carbonyl (C=O) groups is 2. The zero-order chi connectivity index (χ0) is 15.7. The maximum absolute atomic E-state index is 12.4. The molecule has 0 spiro atoms. The van der Waals surface area contributed by atoms with E-state index in [1.165, 1.54) is 12.5 Å². The first-order valence-corrected chi connectivity index (χ1v) is 7.01. The van der Waals surface area contributed by atoms with Crippen LogP contribution in [-0.2, 0) is 11.8 Å². The highest BCUT2D eigenvalue weighted by Crippen LogP contribution is 2.20. The molecule has 1 saturated heterocycles. The van der Waals surface area contributed by atoms with Gasteiger partial charge in [-0.15, -0.1) is 0 Å². The molecule has 9 heteroatoms. The van der Waals surface area contributed by atoms with Gasteiger partial charge in [0, 0.05) is 32.1 Å². The van der Waals surface area contributed by atoms with Gasteiger partial charge in [0.1, 0.15) is 18.1 Å². The molecule has 0 radical (unpaired) electrons. The summed E-state index contributed by atoms with van der Waals surface area (Å²) in [5.74, 6) is -0.116. The maximum Gasteiger partial charge on any atom is 0.272 e. The first-order chi connectivity index (χ1) is 10.6. The third-order valence-corrected chi connectivity index (χ3v) is 3.65. The molecule has 1 aliphatic rings. The van der Waals surface area contributed by atoms with Crippen molar-refractivity contribution in [3.8, 4) is 0 Å². The van der Waals surface area contributed by atoms with Gasteiger partial charge < -0.3 is 5.32 Å². The number of hydrogen-bond acceptors (Lipinski definition) is 5. The Morgan fingerprint density at radius 3 is 3.00 bits per heavy atom. The average molecular weight is 321 g/mol. The largest absolute Gasteiger partial charge is 0.339 e. The standard InChI is InChI=1S/C13H13ClN6O2/c1-19-4-3-10(18-19)20-5-2-9(13(20)22)17-12(21)11-8(14)6-15-7-16-11/h3-4,6-7,9H,2,5H2,1H3,(H,17,21). The Labute approximate surface area is 131 Å². The predicted octanol–water partition coefficient (Wildman–Crippen LogP) is 0.399. The van der Waals surface area contributed by atoms with Crippen LogP contribution in [0.4, 0.5) is 5.82 Å². The molecule has 1 unspecified atom stereocenters. The number of rotatable bonds is 3. The number of hydrogen-bond donors (Lipinski definition) is 1. The van der Waals surface area contributed by atoms with Crippen LogP contribution in [-0.4, -0.2) is 44.1 Å². The second-order valence-corrected chi connectivity index (χ2v) is 5.28. The molecule has 1 N–H and O–H groups in total. The van der Waals surface area contributed by atoms with Gasteiger partial charge in [0.25, 0.3) is 11.8 Å². The second kappa shape index (κ2) is 5.72. The molecule has 1 aliphatic heterocycles. The first kappa shape index (κ1) is 14.5. The summed E-state index contributed by atoms with van der Waals surface area (Å²) < 4.78 is 1.62. The molecule has 8 nitrogen and oxygen atoms in total. The minimum absolute atomic E-state index is 0.0563. The van der Waals surface area contributed by atoms with Crippen molar-refractivity contribution in [2.45, 2.75) is 12.5 Å². The van der Waals surface area contributed by atoms with Crippen LogP contribution in [0.2, 0.25) is 5.02 Å². The van der Waals surface area contributed by atoms with Crippen molar-refractivity contribution in [2.24, 2.45) is 7.05 Å². The first-order valence-electron chi connectivity index (χ1n) is 6.63. The summed E-state index contributed by atoms with van der Waals surface area (Å²) in [5.41, 5.74) is 0.0563. The summed E-state index contributed by atoms with van der Waals surface area (Å²) in [4.78, 5) is 33.6. The van der Waals surface area contributed by atoms with Gasteiger partial charge in [0.05, 0.1) is 5.02 Å². The molecule has 0 bridgehead atoms. The van der Waals surface area contributed by atoms with E-state index < -0.39 is 11.9 Å². The molecule has 0 saturated carbocycles. The van der Waals surface area contributed by atoms with E-state index >= 15 is 0 Å². The van der Waals surface area contributed by atoms with Crippen molar-refractivity contribution in [1.82, 2.24) is 25.1 Å². The van der Waals surface area contributed by atoms with E-state index in [1.807, 2.05) is 0 Å². The number of anilines is 1. The third-order valence-electron chi connectivity index (χ3n) is 3.37. The quantitative estimate of drug-likeness (QED) is 0.883. The molecule has 3 rings (SSSR count). The minimum atomic E-state index is -0.611. The van der Waals surface area contributed by atoms with E-state index in [1.54, 1.807) is 28.9 Å². The molecular weight excluding hydrogens is 308 g/mol. The van der Waals surface area contributed by atoms with E-state index in [2.05, 4.69) is 20.4 Å². The third kappa shape index (κ3) is 2.64. The van der Waals surface area contributed by atoms with Crippen LogP contribution in [0.5, 0.6) is 0 Å². The van der Waals surface area contributed by atoms with Gasteiger partial charge >= 0.3 is 0 Å². The molecule has 1 fully saturated rings. The van der Waals surface area contributed by atoms with Crippen LogP contribution in [0.1, 0.15) is 16.9 Å². The number of halogens is 1. The number of aryl methyl sites for hydroxylation is 1. The van der Waals surface area contributed by atoms with Crippen molar-refractivity contribution in [3.63, 3.8) is 0 Å². The summed E-state index contributed by atoms with van der Waals surface area (Å²) in [6, 6.07) is 1.14. The number of aromatic nitrogens is 4. The van der Waals surface area contributed by atoms with Crippen LogP contribution in [0, 0.1) is 0 Å². The van der Waals surface area contributed by atoms with Crippen LogP contribution >= 0.6 is 11.6 Å². The normalized spacial score (nSPS) is 17.8. The molecule has 0 aromatic carbocycles. The van der Waals surface area contributed by atoms with E-state index in [9.17, 15) is 9.59 Å². The molecule has 114 valence electrons. The van der Waals surface area contributed by atoms with E-state index in [4.69, 9.17) is 11.6 Å². The lowest BCUT2D eigenvalue weighted by atomic mass is 10.2. The Balaban J connectivity index is 1.71. The van der Waals surface area contributed by atoms with Crippen LogP contribution in [0.3, 0.4) is 0 Å². The van der Waals surface area contributed by atoms with Crippen LogP contribution in [0.25, 0.3) is 0 Å². The minimum Gasteiger partial charge on any atom is -0.339 e. The number of nitrogens with one attached hydrogen (secondary N) is 1. The van der Waals surface area contributed by atoms with Gasteiger partial charge in [-0.25, -0.2) is 9.97 Å².